The first-order chi connectivity index (χ1) is 12.1. The summed E-state index contributed by atoms with van der Waals surface area (Å²) < 4.78 is 16.2. The second-order valence-electron chi connectivity index (χ2n) is 6.47. The molecule has 0 spiro atoms. The van der Waals surface area contributed by atoms with Gasteiger partial charge in [-0.2, -0.15) is 0 Å². The lowest BCUT2D eigenvalue weighted by Gasteiger charge is -2.36. The average molecular weight is 350 g/mol. The van der Waals surface area contributed by atoms with Gasteiger partial charge >= 0.3 is 0 Å². The smallest absolute Gasteiger partial charge is 0.251 e. The highest BCUT2D eigenvalue weighted by atomic mass is 16.5. The number of carbonyl (C=O) groups is 1. The number of rotatable bonds is 8. The number of ether oxygens (including phenoxy) is 3. The average Bonchev–Trinajstić information content (AvgIpc) is 2.62. The maximum Gasteiger partial charge on any atom is 0.251 e. The van der Waals surface area contributed by atoms with Gasteiger partial charge in [0.25, 0.3) is 5.91 Å². The van der Waals surface area contributed by atoms with Crippen LogP contribution in [-0.2, 0) is 4.74 Å². The van der Waals surface area contributed by atoms with E-state index in [1.54, 1.807) is 25.3 Å². The van der Waals surface area contributed by atoms with Crippen molar-refractivity contribution >= 4 is 5.91 Å². The first kappa shape index (κ1) is 19.5. The zero-order valence-electron chi connectivity index (χ0n) is 15.7. The molecule has 1 aliphatic heterocycles. The second-order valence-corrected chi connectivity index (χ2v) is 6.47. The highest BCUT2D eigenvalue weighted by molar-refractivity contribution is 5.94. The minimum absolute atomic E-state index is 0.0949. The van der Waals surface area contributed by atoms with Crippen molar-refractivity contribution < 1.29 is 19.0 Å². The van der Waals surface area contributed by atoms with Crippen LogP contribution in [0.1, 0.15) is 31.1 Å². The van der Waals surface area contributed by atoms with E-state index in [2.05, 4.69) is 24.1 Å². The fourth-order valence-corrected chi connectivity index (χ4v) is 3.08. The first-order valence-electron chi connectivity index (χ1n) is 8.97. The molecule has 1 aromatic carbocycles. The predicted molar refractivity (Wildman–Crippen MR) is 97.5 cm³/mol. The molecule has 25 heavy (non-hydrogen) atoms. The highest BCUT2D eigenvalue weighted by Gasteiger charge is 2.24. The molecule has 0 radical (unpaired) electrons. The van der Waals surface area contributed by atoms with Gasteiger partial charge in [-0.1, -0.05) is 13.8 Å². The van der Waals surface area contributed by atoms with Crippen LogP contribution in [0.3, 0.4) is 0 Å². The number of nitrogens with zero attached hydrogens (tertiary/aromatic N) is 1. The molecule has 6 heteroatoms. The van der Waals surface area contributed by atoms with Crippen molar-refractivity contribution in [1.82, 2.24) is 10.2 Å². The van der Waals surface area contributed by atoms with Gasteiger partial charge in [0, 0.05) is 31.2 Å². The predicted octanol–water partition coefficient (Wildman–Crippen LogP) is 2.18. The molecule has 6 nitrogen and oxygen atoms in total. The van der Waals surface area contributed by atoms with Crippen molar-refractivity contribution in [2.75, 3.05) is 46.6 Å². The van der Waals surface area contributed by atoms with Gasteiger partial charge in [-0.3, -0.25) is 9.69 Å². The maximum absolute atomic E-state index is 12.6. The van der Waals surface area contributed by atoms with Crippen LogP contribution in [0.25, 0.3) is 0 Å². The standard InChI is InChI=1S/C19H30N2O4/c1-5-25-18-12-15(6-7-17(18)23-4)19(22)20-13-16(14(2)3)21-8-10-24-11-9-21/h6-7,12,14,16H,5,8-11,13H2,1-4H3,(H,20,22). The lowest BCUT2D eigenvalue weighted by atomic mass is 10.0. The summed E-state index contributed by atoms with van der Waals surface area (Å²) in [4.78, 5) is 15.0. The Hall–Kier alpha value is -1.79. The second kappa shape index (κ2) is 9.63. The molecule has 1 amide bonds. The Morgan fingerprint density at radius 3 is 2.60 bits per heavy atom. The number of morpholine rings is 1. The SMILES string of the molecule is CCOc1cc(C(=O)NCC(C(C)C)N2CCOCC2)ccc1OC. The number of amides is 1. The first-order valence-corrected chi connectivity index (χ1v) is 8.97. The van der Waals surface area contributed by atoms with E-state index in [1.165, 1.54) is 0 Å². The lowest BCUT2D eigenvalue weighted by molar-refractivity contribution is 0.00672. The highest BCUT2D eigenvalue weighted by Crippen LogP contribution is 2.28. The van der Waals surface area contributed by atoms with E-state index >= 15 is 0 Å². The van der Waals surface area contributed by atoms with Gasteiger partial charge in [-0.15, -0.1) is 0 Å². The molecule has 1 aliphatic rings. The van der Waals surface area contributed by atoms with E-state index in [-0.39, 0.29) is 5.91 Å². The number of methoxy groups -OCH3 is 1. The Kier molecular flexibility index (Phi) is 7.52. The van der Waals surface area contributed by atoms with E-state index in [4.69, 9.17) is 14.2 Å². The Morgan fingerprint density at radius 2 is 2.00 bits per heavy atom. The third-order valence-electron chi connectivity index (χ3n) is 4.48. The van der Waals surface area contributed by atoms with E-state index in [0.29, 0.717) is 42.2 Å². The summed E-state index contributed by atoms with van der Waals surface area (Å²) in [6.07, 6.45) is 0. The summed E-state index contributed by atoms with van der Waals surface area (Å²) in [5, 5.41) is 3.07. The molecule has 140 valence electrons. The number of hydrogen-bond acceptors (Lipinski definition) is 5. The lowest BCUT2D eigenvalue weighted by Crippen LogP contribution is -2.51. The molecule has 1 saturated heterocycles. The summed E-state index contributed by atoms with van der Waals surface area (Å²) in [7, 11) is 1.59. The minimum atomic E-state index is -0.0949. The van der Waals surface area contributed by atoms with E-state index in [9.17, 15) is 4.79 Å². The molecular formula is C19H30N2O4. The van der Waals surface area contributed by atoms with Crippen LogP contribution < -0.4 is 14.8 Å². The Labute approximate surface area is 150 Å². The van der Waals surface area contributed by atoms with E-state index < -0.39 is 0 Å². The Balaban J connectivity index is 2.01. The van der Waals surface area contributed by atoms with Crippen LogP contribution in [0.2, 0.25) is 0 Å². The molecule has 1 atom stereocenters. The summed E-state index contributed by atoms with van der Waals surface area (Å²) >= 11 is 0. The van der Waals surface area contributed by atoms with Gasteiger partial charge in [0.05, 0.1) is 26.9 Å². The van der Waals surface area contributed by atoms with Gasteiger partial charge < -0.3 is 19.5 Å². The number of benzene rings is 1. The van der Waals surface area contributed by atoms with Crippen LogP contribution in [-0.4, -0.2) is 63.4 Å². The van der Waals surface area contributed by atoms with Crippen molar-refractivity contribution in [2.45, 2.75) is 26.8 Å². The number of nitrogens with one attached hydrogen (secondary N) is 1. The van der Waals surface area contributed by atoms with Gasteiger partial charge in [0.2, 0.25) is 0 Å². The van der Waals surface area contributed by atoms with Crippen LogP contribution in [0, 0.1) is 5.92 Å². The molecule has 0 aliphatic carbocycles. The topological polar surface area (TPSA) is 60.0 Å². The fraction of sp³-hybridized carbons (Fsp3) is 0.632. The zero-order valence-corrected chi connectivity index (χ0v) is 15.7. The summed E-state index contributed by atoms with van der Waals surface area (Å²) in [5.74, 6) is 1.58. The molecule has 1 N–H and O–H groups in total. The molecule has 2 rings (SSSR count). The number of carbonyl (C=O) groups excluding carboxylic acids is 1. The van der Waals surface area contributed by atoms with Crippen LogP contribution in [0.15, 0.2) is 18.2 Å². The summed E-state index contributed by atoms with van der Waals surface area (Å²) in [6.45, 7) is 10.8. The quantitative estimate of drug-likeness (QED) is 0.779. The summed E-state index contributed by atoms with van der Waals surface area (Å²) in [6, 6.07) is 5.56. The van der Waals surface area contributed by atoms with Crippen molar-refractivity contribution in [3.05, 3.63) is 23.8 Å². The van der Waals surface area contributed by atoms with Crippen molar-refractivity contribution in [2.24, 2.45) is 5.92 Å². The Morgan fingerprint density at radius 1 is 1.28 bits per heavy atom. The molecule has 1 unspecified atom stereocenters. The third kappa shape index (κ3) is 5.34. The van der Waals surface area contributed by atoms with E-state index in [1.807, 2.05) is 6.92 Å². The molecule has 1 fully saturated rings. The zero-order chi connectivity index (χ0) is 18.2. The molecule has 1 heterocycles. The third-order valence-corrected chi connectivity index (χ3v) is 4.48. The largest absolute Gasteiger partial charge is 0.493 e. The monoisotopic (exact) mass is 350 g/mol. The minimum Gasteiger partial charge on any atom is -0.493 e. The molecule has 0 bridgehead atoms. The fourth-order valence-electron chi connectivity index (χ4n) is 3.08. The van der Waals surface area contributed by atoms with Gasteiger partial charge in [-0.05, 0) is 31.0 Å². The van der Waals surface area contributed by atoms with Crippen molar-refractivity contribution in [1.29, 1.82) is 0 Å². The Bertz CT molecular complexity index is 556. The van der Waals surface area contributed by atoms with Crippen molar-refractivity contribution in [3.8, 4) is 11.5 Å². The van der Waals surface area contributed by atoms with Gasteiger partial charge in [0.15, 0.2) is 11.5 Å². The van der Waals surface area contributed by atoms with Crippen LogP contribution in [0.4, 0.5) is 0 Å². The van der Waals surface area contributed by atoms with Crippen molar-refractivity contribution in [3.63, 3.8) is 0 Å². The maximum atomic E-state index is 12.6. The van der Waals surface area contributed by atoms with Crippen LogP contribution in [0.5, 0.6) is 11.5 Å². The molecule has 0 aromatic heterocycles. The molecule has 1 aromatic rings. The summed E-state index contributed by atoms with van der Waals surface area (Å²) in [5.41, 5.74) is 0.578. The normalized spacial score (nSPS) is 16.5. The van der Waals surface area contributed by atoms with Crippen LogP contribution >= 0.6 is 0 Å². The molecule has 0 saturated carbocycles. The van der Waals surface area contributed by atoms with Gasteiger partial charge in [-0.25, -0.2) is 0 Å². The molecular weight excluding hydrogens is 320 g/mol. The van der Waals surface area contributed by atoms with Gasteiger partial charge in [0.1, 0.15) is 0 Å². The number of hydrogen-bond donors (Lipinski definition) is 1. The van der Waals surface area contributed by atoms with E-state index in [0.717, 1.165) is 26.3 Å².